The van der Waals surface area contributed by atoms with Crippen LogP contribution in [0.2, 0.25) is 0 Å². The lowest BCUT2D eigenvalue weighted by Crippen LogP contribution is -2.62. The Bertz CT molecular complexity index is 927. The molecule has 11 atom stereocenters. The van der Waals surface area contributed by atoms with Crippen molar-refractivity contribution in [2.45, 2.75) is 103 Å². The topological polar surface area (TPSA) is 103 Å². The molecule has 0 saturated heterocycles. The summed E-state index contributed by atoms with van der Waals surface area (Å²) in [6, 6.07) is 3.84. The Morgan fingerprint density at radius 3 is 2.69 bits per heavy atom. The first-order chi connectivity index (χ1) is 17.1. The summed E-state index contributed by atoms with van der Waals surface area (Å²) in [7, 11) is 0. The van der Waals surface area contributed by atoms with Gasteiger partial charge in [0.05, 0.1) is 18.3 Å². The van der Waals surface area contributed by atoms with Crippen molar-refractivity contribution in [3.8, 4) is 0 Å². The molecule has 0 unspecified atom stereocenters. The molecule has 4 aliphatic carbocycles. The fourth-order valence-electron chi connectivity index (χ4n) is 9.48. The van der Waals surface area contributed by atoms with Gasteiger partial charge in [0, 0.05) is 25.4 Å². The molecule has 1 aromatic heterocycles. The zero-order chi connectivity index (χ0) is 25.7. The van der Waals surface area contributed by atoms with Crippen molar-refractivity contribution < 1.29 is 20.1 Å². The van der Waals surface area contributed by atoms with E-state index in [1.165, 1.54) is 0 Å². The summed E-state index contributed by atoms with van der Waals surface area (Å²) >= 11 is 0. The summed E-state index contributed by atoms with van der Waals surface area (Å²) in [5, 5.41) is 36.5. The zero-order valence-electron chi connectivity index (χ0n) is 22.3. The molecule has 1 amide bonds. The molecule has 36 heavy (non-hydrogen) atoms. The maximum Gasteiger partial charge on any atom is 0.220 e. The number of nitrogens with zero attached hydrogens (tertiary/aromatic N) is 1. The van der Waals surface area contributed by atoms with E-state index in [1.807, 2.05) is 12.1 Å². The molecular formula is C30H46N2O4. The van der Waals surface area contributed by atoms with Crippen molar-refractivity contribution in [2.75, 3.05) is 0 Å². The molecule has 0 aliphatic heterocycles. The third-order valence-corrected chi connectivity index (χ3v) is 11.6. The largest absolute Gasteiger partial charge is 0.393 e. The van der Waals surface area contributed by atoms with Gasteiger partial charge in [-0.05, 0) is 109 Å². The molecule has 4 fully saturated rings. The van der Waals surface area contributed by atoms with Crippen molar-refractivity contribution in [2.24, 2.45) is 46.3 Å². The molecule has 0 radical (unpaired) electrons. The Morgan fingerprint density at radius 1 is 1.14 bits per heavy atom. The van der Waals surface area contributed by atoms with E-state index in [1.54, 1.807) is 12.4 Å². The SMILES string of the molecule is C[C@H](CCC(=O)NCc1cccnc1)[C@H]1CC[C@H]2[C@@H]3[C@H](O)C[C@@H]4C[C@H](O)CC[C@]4(C)[C@H]3C[C@H](O)[C@]12C. The van der Waals surface area contributed by atoms with Crippen molar-refractivity contribution >= 4 is 5.91 Å². The number of aliphatic hydroxyl groups is 3. The maximum absolute atomic E-state index is 12.6. The van der Waals surface area contributed by atoms with E-state index in [2.05, 4.69) is 31.1 Å². The number of nitrogens with one attached hydrogen (secondary N) is 1. The second kappa shape index (κ2) is 9.99. The third kappa shape index (κ3) is 4.41. The predicted molar refractivity (Wildman–Crippen MR) is 138 cm³/mol. The van der Waals surface area contributed by atoms with Gasteiger partial charge in [-0.3, -0.25) is 9.78 Å². The number of fused-ring (bicyclic) bond motifs is 5. The van der Waals surface area contributed by atoms with Crippen LogP contribution in [0.25, 0.3) is 0 Å². The Morgan fingerprint density at radius 2 is 1.94 bits per heavy atom. The van der Waals surface area contributed by atoms with Crippen molar-refractivity contribution in [1.29, 1.82) is 0 Å². The minimum absolute atomic E-state index is 0.0656. The average Bonchev–Trinajstić information content (AvgIpc) is 3.22. The third-order valence-electron chi connectivity index (χ3n) is 11.6. The van der Waals surface area contributed by atoms with Gasteiger partial charge in [-0.15, -0.1) is 0 Å². The predicted octanol–water partition coefficient (Wildman–Crippen LogP) is 4.08. The average molecular weight is 499 g/mol. The molecule has 6 nitrogen and oxygen atoms in total. The molecule has 0 aromatic carbocycles. The van der Waals surface area contributed by atoms with Crippen LogP contribution in [0.3, 0.4) is 0 Å². The number of carbonyl (C=O) groups is 1. The second-order valence-electron chi connectivity index (χ2n) is 13.2. The monoisotopic (exact) mass is 498 g/mol. The quantitative estimate of drug-likeness (QED) is 0.473. The van der Waals surface area contributed by atoms with Crippen molar-refractivity contribution in [3.05, 3.63) is 30.1 Å². The van der Waals surface area contributed by atoms with Crippen LogP contribution in [0.4, 0.5) is 0 Å². The van der Waals surface area contributed by atoms with E-state index in [0.717, 1.165) is 56.9 Å². The van der Waals surface area contributed by atoms with E-state index < -0.39 is 0 Å². The number of aromatic nitrogens is 1. The fraction of sp³-hybridized carbons (Fsp3) is 0.800. The van der Waals surface area contributed by atoms with E-state index in [-0.39, 0.29) is 41.0 Å². The minimum atomic E-state index is -0.382. The number of hydrogen-bond donors (Lipinski definition) is 4. The van der Waals surface area contributed by atoms with E-state index >= 15 is 0 Å². The molecule has 4 N–H and O–H groups in total. The Labute approximate surface area is 216 Å². The van der Waals surface area contributed by atoms with Crippen LogP contribution in [0.1, 0.15) is 84.1 Å². The summed E-state index contributed by atoms with van der Waals surface area (Å²) < 4.78 is 0. The first-order valence-electron chi connectivity index (χ1n) is 14.3. The summed E-state index contributed by atoms with van der Waals surface area (Å²) in [5.41, 5.74) is 0.881. The highest BCUT2D eigenvalue weighted by Gasteiger charge is 2.65. The number of hydrogen-bond acceptors (Lipinski definition) is 5. The maximum atomic E-state index is 12.6. The van der Waals surface area contributed by atoms with Gasteiger partial charge in [0.1, 0.15) is 0 Å². The Hall–Kier alpha value is -1.50. The van der Waals surface area contributed by atoms with Crippen LogP contribution >= 0.6 is 0 Å². The Kier molecular flexibility index (Phi) is 7.25. The second-order valence-corrected chi connectivity index (χ2v) is 13.2. The number of aliphatic hydroxyl groups excluding tert-OH is 3. The van der Waals surface area contributed by atoms with Gasteiger partial charge in [-0.25, -0.2) is 0 Å². The first kappa shape index (κ1) is 26.1. The molecule has 200 valence electrons. The molecule has 6 heteroatoms. The van der Waals surface area contributed by atoms with Gasteiger partial charge in [-0.2, -0.15) is 0 Å². The minimum Gasteiger partial charge on any atom is -0.393 e. The summed E-state index contributed by atoms with van der Waals surface area (Å²) in [5.74, 6) is 1.97. The lowest BCUT2D eigenvalue weighted by atomic mass is 9.43. The van der Waals surface area contributed by atoms with Crippen LogP contribution < -0.4 is 5.32 Å². The molecular weight excluding hydrogens is 452 g/mol. The van der Waals surface area contributed by atoms with Gasteiger partial charge in [0.2, 0.25) is 5.91 Å². The van der Waals surface area contributed by atoms with Crippen molar-refractivity contribution in [1.82, 2.24) is 10.3 Å². The normalized spacial score (nSPS) is 44.7. The lowest BCUT2D eigenvalue weighted by Gasteiger charge is -2.63. The fourth-order valence-corrected chi connectivity index (χ4v) is 9.48. The first-order valence-corrected chi connectivity index (χ1v) is 14.3. The highest BCUT2D eigenvalue weighted by molar-refractivity contribution is 5.75. The molecule has 4 aliphatic rings. The highest BCUT2D eigenvalue weighted by Crippen LogP contribution is 2.68. The van der Waals surface area contributed by atoms with Crippen LogP contribution in [0, 0.1) is 46.3 Å². The van der Waals surface area contributed by atoms with Gasteiger partial charge in [0.25, 0.3) is 0 Å². The standard InChI is InChI=1S/C30H46N2O4/c1-18(6-9-27(36)32-17-19-5-4-12-31-16-19)22-7-8-23-28-24(15-26(35)30(22,23)3)29(2)11-10-21(33)13-20(29)14-25(28)34/h4-5,12,16,18,20-26,28,33-35H,6-11,13-15,17H2,1-3H3,(H,32,36)/t18-,20+,21-,22-,23+,24+,25-,26+,28+,29+,30-/m1/s1. The summed E-state index contributed by atoms with van der Waals surface area (Å²) in [6.45, 7) is 7.41. The van der Waals surface area contributed by atoms with Crippen LogP contribution in [-0.2, 0) is 11.3 Å². The summed E-state index contributed by atoms with van der Waals surface area (Å²) in [4.78, 5) is 16.7. The van der Waals surface area contributed by atoms with Crippen LogP contribution in [0.15, 0.2) is 24.5 Å². The molecule has 1 aromatic rings. The van der Waals surface area contributed by atoms with Gasteiger partial charge < -0.3 is 20.6 Å². The smallest absolute Gasteiger partial charge is 0.220 e. The van der Waals surface area contributed by atoms with Gasteiger partial charge in [-0.1, -0.05) is 26.8 Å². The van der Waals surface area contributed by atoms with E-state index in [4.69, 9.17) is 0 Å². The van der Waals surface area contributed by atoms with Crippen molar-refractivity contribution in [3.63, 3.8) is 0 Å². The van der Waals surface area contributed by atoms with E-state index in [0.29, 0.717) is 42.6 Å². The summed E-state index contributed by atoms with van der Waals surface area (Å²) in [6.07, 6.45) is 10.1. The number of carbonyl (C=O) groups excluding carboxylic acids is 1. The molecule has 0 spiro atoms. The zero-order valence-corrected chi connectivity index (χ0v) is 22.3. The Balaban J connectivity index is 1.25. The van der Waals surface area contributed by atoms with E-state index in [9.17, 15) is 20.1 Å². The van der Waals surface area contributed by atoms with Crippen LogP contribution in [-0.4, -0.2) is 44.5 Å². The van der Waals surface area contributed by atoms with Gasteiger partial charge in [0.15, 0.2) is 0 Å². The number of amides is 1. The molecule has 1 heterocycles. The molecule has 4 saturated carbocycles. The lowest BCUT2D eigenvalue weighted by molar-refractivity contribution is -0.207. The highest BCUT2D eigenvalue weighted by atomic mass is 16.3. The molecule has 0 bridgehead atoms. The number of pyridine rings is 1. The van der Waals surface area contributed by atoms with Crippen LogP contribution in [0.5, 0.6) is 0 Å². The van der Waals surface area contributed by atoms with Gasteiger partial charge >= 0.3 is 0 Å². The number of rotatable bonds is 6. The molecule has 5 rings (SSSR count).